The summed E-state index contributed by atoms with van der Waals surface area (Å²) in [5.74, 6) is -1.57. The molecule has 0 unspecified atom stereocenters. The topological polar surface area (TPSA) is 113 Å². The third kappa shape index (κ3) is 4.08. The lowest BCUT2D eigenvalue weighted by Crippen LogP contribution is -2.41. The molecule has 35 heavy (non-hydrogen) atoms. The van der Waals surface area contributed by atoms with Crippen molar-refractivity contribution in [2.45, 2.75) is 6.42 Å². The molecular formula is C28H23N3O4. The summed E-state index contributed by atoms with van der Waals surface area (Å²) in [6.07, 6.45) is 0.595. The van der Waals surface area contributed by atoms with E-state index in [1.54, 1.807) is 30.3 Å². The first-order valence-electron chi connectivity index (χ1n) is 11.3. The van der Waals surface area contributed by atoms with E-state index in [2.05, 4.69) is 5.32 Å². The van der Waals surface area contributed by atoms with Crippen molar-refractivity contribution in [3.8, 4) is 11.1 Å². The van der Waals surface area contributed by atoms with Crippen LogP contribution in [0.4, 0.5) is 11.4 Å². The average Bonchev–Trinajstić information content (AvgIpc) is 2.87. The number of nitrogens with two attached hydrogens (primary N) is 1. The molecule has 0 spiro atoms. The van der Waals surface area contributed by atoms with Gasteiger partial charge in [-0.3, -0.25) is 14.5 Å². The lowest BCUT2D eigenvalue weighted by molar-refractivity contribution is 0.0608. The zero-order valence-corrected chi connectivity index (χ0v) is 18.8. The van der Waals surface area contributed by atoms with Gasteiger partial charge < -0.3 is 16.2 Å². The van der Waals surface area contributed by atoms with Crippen LogP contribution in [0, 0.1) is 0 Å². The molecule has 5 rings (SSSR count). The minimum Gasteiger partial charge on any atom is -0.478 e. The van der Waals surface area contributed by atoms with Crippen molar-refractivity contribution in [3.05, 3.63) is 95.6 Å². The molecule has 7 nitrogen and oxygen atoms in total. The highest BCUT2D eigenvalue weighted by atomic mass is 16.4. The summed E-state index contributed by atoms with van der Waals surface area (Å²) in [4.78, 5) is 38.6. The number of carbonyl (C=O) groups is 3. The Bertz CT molecular complexity index is 1430. The molecule has 0 fully saturated rings. The van der Waals surface area contributed by atoms with Gasteiger partial charge in [0.25, 0.3) is 11.8 Å². The smallest absolute Gasteiger partial charge is 0.337 e. The van der Waals surface area contributed by atoms with E-state index in [9.17, 15) is 19.5 Å². The summed E-state index contributed by atoms with van der Waals surface area (Å²) in [5, 5.41) is 14.2. The monoisotopic (exact) mass is 465 g/mol. The molecule has 0 aromatic heterocycles. The lowest BCUT2D eigenvalue weighted by atomic mass is 9.94. The van der Waals surface area contributed by atoms with Gasteiger partial charge in [-0.15, -0.1) is 0 Å². The zero-order valence-electron chi connectivity index (χ0n) is 18.8. The van der Waals surface area contributed by atoms with Gasteiger partial charge in [0.15, 0.2) is 0 Å². The number of imide groups is 1. The highest BCUT2D eigenvalue weighted by Crippen LogP contribution is 2.30. The minimum atomic E-state index is -1.06. The minimum absolute atomic E-state index is 0.0744. The van der Waals surface area contributed by atoms with Crippen LogP contribution in [0.1, 0.15) is 37.5 Å². The van der Waals surface area contributed by atoms with E-state index in [-0.39, 0.29) is 23.1 Å². The highest BCUT2D eigenvalue weighted by molar-refractivity contribution is 6.25. The molecule has 0 saturated carbocycles. The van der Waals surface area contributed by atoms with Crippen LogP contribution in [0.25, 0.3) is 21.9 Å². The number of nitrogens with one attached hydrogen (secondary N) is 1. The van der Waals surface area contributed by atoms with Crippen molar-refractivity contribution < 1.29 is 19.5 Å². The van der Waals surface area contributed by atoms with Gasteiger partial charge in [-0.2, -0.15) is 0 Å². The number of amides is 2. The first kappa shape index (κ1) is 22.2. The summed E-state index contributed by atoms with van der Waals surface area (Å²) in [6.45, 7) is 0.893. The normalized spacial score (nSPS) is 12.7. The van der Waals surface area contributed by atoms with Crippen molar-refractivity contribution >= 4 is 39.9 Å². The van der Waals surface area contributed by atoms with Crippen LogP contribution in [0.15, 0.2) is 78.9 Å². The number of carboxylic acid groups (broad SMARTS) is 1. The number of nitrogen functional groups attached to an aromatic ring is 1. The second-order valence-corrected chi connectivity index (χ2v) is 8.44. The van der Waals surface area contributed by atoms with E-state index < -0.39 is 5.97 Å². The number of anilines is 2. The van der Waals surface area contributed by atoms with Crippen LogP contribution in [-0.4, -0.2) is 40.9 Å². The molecule has 0 aliphatic carbocycles. The summed E-state index contributed by atoms with van der Waals surface area (Å²) in [7, 11) is 0. The highest BCUT2D eigenvalue weighted by Gasteiger charge is 2.32. The fourth-order valence-electron chi connectivity index (χ4n) is 4.46. The predicted molar refractivity (Wildman–Crippen MR) is 136 cm³/mol. The van der Waals surface area contributed by atoms with Gasteiger partial charge >= 0.3 is 5.97 Å². The Labute approximate surface area is 201 Å². The molecule has 2 amide bonds. The fourth-order valence-corrected chi connectivity index (χ4v) is 4.46. The Kier molecular flexibility index (Phi) is 5.66. The molecule has 1 aliphatic rings. The molecule has 174 valence electrons. The maximum absolute atomic E-state index is 13.0. The van der Waals surface area contributed by atoms with Gasteiger partial charge in [0.05, 0.1) is 5.56 Å². The van der Waals surface area contributed by atoms with Gasteiger partial charge in [0.2, 0.25) is 0 Å². The first-order chi connectivity index (χ1) is 16.9. The average molecular weight is 466 g/mol. The number of nitrogens with zero attached hydrogens (tertiary/aromatic N) is 1. The van der Waals surface area contributed by atoms with E-state index in [4.69, 9.17) is 5.73 Å². The second-order valence-electron chi connectivity index (χ2n) is 8.44. The van der Waals surface area contributed by atoms with Crippen LogP contribution in [-0.2, 0) is 0 Å². The number of carboxylic acids is 1. The Morgan fingerprint density at radius 3 is 2.11 bits per heavy atom. The van der Waals surface area contributed by atoms with Crippen molar-refractivity contribution in [2.75, 3.05) is 24.1 Å². The number of carbonyl (C=O) groups excluding carboxylic acids is 2. The van der Waals surface area contributed by atoms with Crippen molar-refractivity contribution in [3.63, 3.8) is 0 Å². The van der Waals surface area contributed by atoms with Gasteiger partial charge in [-0.25, -0.2) is 4.79 Å². The largest absolute Gasteiger partial charge is 0.478 e. The third-order valence-corrected chi connectivity index (χ3v) is 6.25. The van der Waals surface area contributed by atoms with E-state index >= 15 is 0 Å². The Morgan fingerprint density at radius 2 is 1.49 bits per heavy atom. The van der Waals surface area contributed by atoms with Gasteiger partial charge in [-0.1, -0.05) is 42.5 Å². The molecular weight excluding hydrogens is 442 g/mol. The maximum atomic E-state index is 13.0. The van der Waals surface area contributed by atoms with Crippen LogP contribution in [0.3, 0.4) is 0 Å². The van der Waals surface area contributed by atoms with E-state index in [1.807, 2.05) is 48.5 Å². The third-order valence-electron chi connectivity index (χ3n) is 6.25. The van der Waals surface area contributed by atoms with Crippen molar-refractivity contribution in [1.29, 1.82) is 0 Å². The number of hydrogen-bond acceptors (Lipinski definition) is 5. The number of aromatic carboxylic acids is 1. The SMILES string of the molecule is Nc1ccc(-c2ccc(NCCCN3C(=O)c4cccc5cccc(c45)C3=O)cc2)cc1C(=O)O. The molecule has 4 N–H and O–H groups in total. The lowest BCUT2D eigenvalue weighted by Gasteiger charge is -2.27. The molecule has 7 heteroatoms. The standard InChI is InChI=1S/C28H23N3O4/c29-24-13-10-19(16-23(24)28(34)35)17-8-11-20(12-9-17)30-14-3-15-31-26(32)21-6-1-4-18-5-2-7-22(25(18)21)27(31)33/h1-2,4-13,16,30H,3,14-15,29H2,(H,34,35). The van der Waals surface area contributed by atoms with Gasteiger partial charge in [0, 0.05) is 41.0 Å². The Balaban J connectivity index is 1.21. The van der Waals surface area contributed by atoms with Crippen LogP contribution >= 0.6 is 0 Å². The first-order valence-corrected chi connectivity index (χ1v) is 11.3. The molecule has 4 aromatic rings. The molecule has 1 heterocycles. The number of benzene rings is 4. The van der Waals surface area contributed by atoms with E-state index in [1.165, 1.54) is 4.90 Å². The number of hydrogen-bond donors (Lipinski definition) is 3. The second kappa shape index (κ2) is 8.95. The van der Waals surface area contributed by atoms with E-state index in [0.717, 1.165) is 27.6 Å². The summed E-state index contributed by atoms with van der Waals surface area (Å²) >= 11 is 0. The predicted octanol–water partition coefficient (Wildman–Crippen LogP) is 4.89. The van der Waals surface area contributed by atoms with E-state index in [0.29, 0.717) is 30.6 Å². The maximum Gasteiger partial charge on any atom is 0.337 e. The van der Waals surface area contributed by atoms with Crippen LogP contribution in [0.2, 0.25) is 0 Å². The van der Waals surface area contributed by atoms with Crippen LogP contribution in [0.5, 0.6) is 0 Å². The van der Waals surface area contributed by atoms with Crippen LogP contribution < -0.4 is 11.1 Å². The molecule has 1 aliphatic heterocycles. The quantitative estimate of drug-likeness (QED) is 0.204. The van der Waals surface area contributed by atoms with Crippen molar-refractivity contribution in [2.24, 2.45) is 0 Å². The fraction of sp³-hybridized carbons (Fsp3) is 0.107. The summed E-state index contributed by atoms with van der Waals surface area (Å²) < 4.78 is 0. The molecule has 0 bridgehead atoms. The summed E-state index contributed by atoms with van der Waals surface area (Å²) in [5.41, 5.74) is 9.69. The zero-order chi connectivity index (χ0) is 24.5. The molecule has 0 atom stereocenters. The molecule has 0 saturated heterocycles. The van der Waals surface area contributed by atoms with Gasteiger partial charge in [-0.05, 0) is 59.3 Å². The molecule has 0 radical (unpaired) electrons. The Hall–Kier alpha value is -4.65. The summed E-state index contributed by atoms with van der Waals surface area (Å²) in [6, 6.07) is 23.6. The Morgan fingerprint density at radius 1 is 0.857 bits per heavy atom. The number of rotatable bonds is 7. The van der Waals surface area contributed by atoms with Crippen molar-refractivity contribution in [1.82, 2.24) is 4.90 Å². The van der Waals surface area contributed by atoms with Gasteiger partial charge in [0.1, 0.15) is 0 Å². The molecule has 4 aromatic carbocycles.